The maximum absolute atomic E-state index is 13.0. The van der Waals surface area contributed by atoms with E-state index in [-0.39, 0.29) is 11.4 Å². The summed E-state index contributed by atoms with van der Waals surface area (Å²) in [6, 6.07) is 3.87. The predicted molar refractivity (Wildman–Crippen MR) is 108 cm³/mol. The SMILES string of the molecule is Cc1nc2c(OCC3CCCCC3)cccn2c1C(=O)NC(C)(C)C(C)C. The van der Waals surface area contributed by atoms with E-state index in [4.69, 9.17) is 4.74 Å². The molecule has 5 nitrogen and oxygen atoms in total. The van der Waals surface area contributed by atoms with Crippen LogP contribution in [0.1, 0.15) is 76.0 Å². The number of ether oxygens (including phenoxy) is 1. The van der Waals surface area contributed by atoms with Crippen LogP contribution in [0.4, 0.5) is 0 Å². The molecule has 1 N–H and O–H groups in total. The zero-order valence-corrected chi connectivity index (χ0v) is 17.3. The summed E-state index contributed by atoms with van der Waals surface area (Å²) in [6.45, 7) is 10.9. The van der Waals surface area contributed by atoms with Gasteiger partial charge in [-0.15, -0.1) is 0 Å². The van der Waals surface area contributed by atoms with Crippen LogP contribution >= 0.6 is 0 Å². The van der Waals surface area contributed by atoms with Crippen molar-refractivity contribution in [3.63, 3.8) is 0 Å². The van der Waals surface area contributed by atoms with Gasteiger partial charge in [-0.1, -0.05) is 33.1 Å². The fourth-order valence-electron chi connectivity index (χ4n) is 3.60. The summed E-state index contributed by atoms with van der Waals surface area (Å²) in [6.07, 6.45) is 8.33. The standard InChI is InChI=1S/C22H33N3O2/c1-15(2)22(4,5)24-21(26)19-16(3)23-20-18(12-9-13-25(19)20)27-14-17-10-7-6-8-11-17/h9,12-13,15,17H,6-8,10-11,14H2,1-5H3,(H,24,26). The molecule has 5 heteroatoms. The molecular formula is C22H33N3O2. The molecule has 0 aromatic carbocycles. The van der Waals surface area contributed by atoms with Crippen molar-refractivity contribution in [2.75, 3.05) is 6.61 Å². The van der Waals surface area contributed by atoms with E-state index in [9.17, 15) is 4.79 Å². The van der Waals surface area contributed by atoms with E-state index in [0.717, 1.165) is 23.7 Å². The molecule has 3 rings (SSSR count). The van der Waals surface area contributed by atoms with Crippen molar-refractivity contribution in [3.05, 3.63) is 29.7 Å². The van der Waals surface area contributed by atoms with Crippen LogP contribution in [0.3, 0.4) is 0 Å². The van der Waals surface area contributed by atoms with Gasteiger partial charge >= 0.3 is 0 Å². The number of amides is 1. The largest absolute Gasteiger partial charge is 0.489 e. The minimum atomic E-state index is -0.289. The second-order valence-electron chi connectivity index (χ2n) is 8.76. The van der Waals surface area contributed by atoms with Gasteiger partial charge in [-0.3, -0.25) is 9.20 Å². The van der Waals surface area contributed by atoms with E-state index in [0.29, 0.717) is 17.5 Å². The molecule has 2 heterocycles. The monoisotopic (exact) mass is 371 g/mol. The summed E-state index contributed by atoms with van der Waals surface area (Å²) in [4.78, 5) is 17.6. The van der Waals surface area contributed by atoms with Crippen molar-refractivity contribution in [3.8, 4) is 5.75 Å². The summed E-state index contributed by atoms with van der Waals surface area (Å²) in [5, 5.41) is 3.15. The average Bonchev–Trinajstić information content (AvgIpc) is 2.96. The molecule has 1 fully saturated rings. The second kappa shape index (κ2) is 7.91. The van der Waals surface area contributed by atoms with Crippen LogP contribution in [0.2, 0.25) is 0 Å². The van der Waals surface area contributed by atoms with Crippen molar-refractivity contribution in [1.29, 1.82) is 0 Å². The Labute approximate surface area is 162 Å². The molecule has 0 aliphatic heterocycles. The van der Waals surface area contributed by atoms with Gasteiger partial charge in [0, 0.05) is 11.7 Å². The topological polar surface area (TPSA) is 55.6 Å². The van der Waals surface area contributed by atoms with E-state index in [1.54, 1.807) is 0 Å². The number of imidazole rings is 1. The first-order valence-corrected chi connectivity index (χ1v) is 10.2. The molecular weight excluding hydrogens is 338 g/mol. The van der Waals surface area contributed by atoms with E-state index in [1.807, 2.05) is 43.5 Å². The van der Waals surface area contributed by atoms with Gasteiger partial charge < -0.3 is 10.1 Å². The number of pyridine rings is 1. The fourth-order valence-corrected chi connectivity index (χ4v) is 3.60. The maximum atomic E-state index is 13.0. The Morgan fingerprint density at radius 1 is 1.33 bits per heavy atom. The van der Waals surface area contributed by atoms with Gasteiger partial charge in [-0.05, 0) is 57.6 Å². The Morgan fingerprint density at radius 2 is 2.04 bits per heavy atom. The Bertz CT molecular complexity index is 801. The lowest BCUT2D eigenvalue weighted by Gasteiger charge is -2.30. The first kappa shape index (κ1) is 19.7. The number of aromatic nitrogens is 2. The number of nitrogens with one attached hydrogen (secondary N) is 1. The van der Waals surface area contributed by atoms with Gasteiger partial charge in [0.25, 0.3) is 5.91 Å². The lowest BCUT2D eigenvalue weighted by atomic mass is 9.90. The zero-order valence-electron chi connectivity index (χ0n) is 17.3. The van der Waals surface area contributed by atoms with Gasteiger partial charge in [-0.2, -0.15) is 0 Å². The number of rotatable bonds is 6. The fraction of sp³-hybridized carbons (Fsp3) is 0.636. The third-order valence-electron chi connectivity index (χ3n) is 6.08. The molecule has 0 unspecified atom stereocenters. The summed E-state index contributed by atoms with van der Waals surface area (Å²) in [5.41, 5.74) is 1.74. The number of fused-ring (bicyclic) bond motifs is 1. The minimum absolute atomic E-state index is 0.0943. The average molecular weight is 372 g/mol. The first-order valence-electron chi connectivity index (χ1n) is 10.2. The molecule has 1 aliphatic carbocycles. The summed E-state index contributed by atoms with van der Waals surface area (Å²) in [7, 11) is 0. The normalized spacial score (nSPS) is 16.1. The van der Waals surface area contributed by atoms with Crippen molar-refractivity contribution < 1.29 is 9.53 Å². The number of nitrogens with zero attached hydrogens (tertiary/aromatic N) is 2. The van der Waals surface area contributed by atoms with Crippen molar-refractivity contribution in [2.45, 2.75) is 72.3 Å². The number of hydrogen-bond acceptors (Lipinski definition) is 3. The molecule has 0 bridgehead atoms. The molecule has 2 aromatic heterocycles. The number of hydrogen-bond donors (Lipinski definition) is 1. The third kappa shape index (κ3) is 4.28. The van der Waals surface area contributed by atoms with Crippen molar-refractivity contribution in [2.24, 2.45) is 11.8 Å². The van der Waals surface area contributed by atoms with E-state index < -0.39 is 0 Å². The second-order valence-corrected chi connectivity index (χ2v) is 8.76. The Kier molecular flexibility index (Phi) is 5.78. The van der Waals surface area contributed by atoms with Crippen LogP contribution < -0.4 is 10.1 Å². The molecule has 0 radical (unpaired) electrons. The van der Waals surface area contributed by atoms with Gasteiger partial charge in [0.1, 0.15) is 5.69 Å². The number of carbonyl (C=O) groups excluding carboxylic acids is 1. The Morgan fingerprint density at radius 3 is 2.70 bits per heavy atom. The minimum Gasteiger partial charge on any atom is -0.489 e. The zero-order chi connectivity index (χ0) is 19.6. The van der Waals surface area contributed by atoms with Crippen LogP contribution in [0.25, 0.3) is 5.65 Å². The molecule has 0 spiro atoms. The Hall–Kier alpha value is -2.04. The van der Waals surface area contributed by atoms with Crippen LogP contribution in [0, 0.1) is 18.8 Å². The lowest BCUT2D eigenvalue weighted by molar-refractivity contribution is 0.0883. The first-order chi connectivity index (χ1) is 12.8. The third-order valence-corrected chi connectivity index (χ3v) is 6.08. The number of carbonyl (C=O) groups is 1. The molecule has 148 valence electrons. The van der Waals surface area contributed by atoms with Crippen LogP contribution in [-0.2, 0) is 0 Å². The molecule has 1 saturated carbocycles. The molecule has 2 aromatic rings. The molecule has 0 saturated heterocycles. The van der Waals surface area contributed by atoms with Gasteiger partial charge in [-0.25, -0.2) is 4.98 Å². The lowest BCUT2D eigenvalue weighted by Crippen LogP contribution is -2.47. The van der Waals surface area contributed by atoms with Crippen molar-refractivity contribution >= 4 is 11.6 Å². The van der Waals surface area contributed by atoms with Crippen LogP contribution in [0.5, 0.6) is 5.75 Å². The summed E-state index contributed by atoms with van der Waals surface area (Å²) >= 11 is 0. The maximum Gasteiger partial charge on any atom is 0.270 e. The van der Waals surface area contributed by atoms with Gasteiger partial charge in [0.15, 0.2) is 11.4 Å². The Balaban J connectivity index is 1.83. The molecule has 27 heavy (non-hydrogen) atoms. The highest BCUT2D eigenvalue weighted by atomic mass is 16.5. The van der Waals surface area contributed by atoms with Gasteiger partial charge in [0.05, 0.1) is 12.3 Å². The van der Waals surface area contributed by atoms with Crippen molar-refractivity contribution in [1.82, 2.24) is 14.7 Å². The quantitative estimate of drug-likeness (QED) is 0.796. The summed E-state index contributed by atoms with van der Waals surface area (Å²) in [5.74, 6) is 1.62. The van der Waals surface area contributed by atoms with E-state index >= 15 is 0 Å². The predicted octanol–water partition coefficient (Wildman–Crippen LogP) is 4.77. The highest BCUT2D eigenvalue weighted by molar-refractivity contribution is 5.95. The van der Waals surface area contributed by atoms with Crippen LogP contribution in [0.15, 0.2) is 18.3 Å². The van der Waals surface area contributed by atoms with Gasteiger partial charge in [0.2, 0.25) is 0 Å². The van der Waals surface area contributed by atoms with E-state index in [2.05, 4.69) is 24.1 Å². The van der Waals surface area contributed by atoms with Crippen LogP contribution in [-0.4, -0.2) is 27.4 Å². The highest BCUT2D eigenvalue weighted by Gasteiger charge is 2.28. The molecule has 0 atom stereocenters. The smallest absolute Gasteiger partial charge is 0.270 e. The highest BCUT2D eigenvalue weighted by Crippen LogP contribution is 2.27. The summed E-state index contributed by atoms with van der Waals surface area (Å²) < 4.78 is 7.99. The molecule has 1 aliphatic rings. The number of aryl methyl sites for hydroxylation is 1. The van der Waals surface area contributed by atoms with E-state index in [1.165, 1.54) is 32.1 Å². The molecule has 1 amide bonds.